The Morgan fingerprint density at radius 1 is 0.610 bits per heavy atom. The standard InChI is InChI=1S/C35H23N3O3/c39-19-18-38-34(40)28-11-5-10-25-22(16-17-29(30(25)28)35(38)41)20-12-14-21(15-13-20)33-36-31-26-8-3-1-6-23(26)24-7-2-4-9-27(24)32(31)37-33/h1-17,39H,18-19H2,(H,36,37). The third-order valence-corrected chi connectivity index (χ3v) is 8.16. The topological polar surface area (TPSA) is 86.3 Å². The van der Waals surface area contributed by atoms with E-state index in [-0.39, 0.29) is 25.0 Å². The number of nitrogens with one attached hydrogen (secondary N) is 1. The summed E-state index contributed by atoms with van der Waals surface area (Å²) in [5, 5.41) is 15.5. The average Bonchev–Trinajstić information content (AvgIpc) is 3.48. The molecule has 0 aliphatic carbocycles. The molecular weight excluding hydrogens is 510 g/mol. The van der Waals surface area contributed by atoms with Crippen molar-refractivity contribution in [2.75, 3.05) is 13.2 Å². The third-order valence-electron chi connectivity index (χ3n) is 8.16. The van der Waals surface area contributed by atoms with Gasteiger partial charge in [0.05, 0.1) is 24.2 Å². The zero-order valence-electron chi connectivity index (χ0n) is 21.9. The van der Waals surface area contributed by atoms with E-state index in [0.29, 0.717) is 16.5 Å². The molecule has 2 heterocycles. The monoisotopic (exact) mass is 533 g/mol. The molecule has 0 bridgehead atoms. The molecule has 0 saturated heterocycles. The molecule has 1 aliphatic rings. The van der Waals surface area contributed by atoms with Gasteiger partial charge in [0.1, 0.15) is 5.82 Å². The second kappa shape index (κ2) is 8.84. The van der Waals surface area contributed by atoms with Crippen molar-refractivity contribution in [3.63, 3.8) is 0 Å². The summed E-state index contributed by atoms with van der Waals surface area (Å²) in [4.78, 5) is 35.9. The van der Waals surface area contributed by atoms with Crippen LogP contribution >= 0.6 is 0 Å². The van der Waals surface area contributed by atoms with Gasteiger partial charge in [-0.25, -0.2) is 4.98 Å². The number of aromatic amines is 1. The molecule has 1 aromatic heterocycles. The molecule has 0 spiro atoms. The second-order valence-corrected chi connectivity index (χ2v) is 10.4. The normalized spacial score (nSPS) is 13.2. The van der Waals surface area contributed by atoms with Crippen molar-refractivity contribution in [3.8, 4) is 22.5 Å². The fourth-order valence-electron chi connectivity index (χ4n) is 6.27. The quantitative estimate of drug-likeness (QED) is 0.189. The van der Waals surface area contributed by atoms with Crippen LogP contribution in [0.2, 0.25) is 0 Å². The van der Waals surface area contributed by atoms with E-state index >= 15 is 0 Å². The lowest BCUT2D eigenvalue weighted by Gasteiger charge is -2.27. The molecule has 41 heavy (non-hydrogen) atoms. The van der Waals surface area contributed by atoms with E-state index in [1.807, 2.05) is 48.5 Å². The molecular formula is C35H23N3O3. The van der Waals surface area contributed by atoms with Crippen LogP contribution in [0.15, 0.2) is 103 Å². The van der Waals surface area contributed by atoms with E-state index in [1.165, 1.54) is 10.8 Å². The van der Waals surface area contributed by atoms with E-state index in [2.05, 4.69) is 47.4 Å². The summed E-state index contributed by atoms with van der Waals surface area (Å²) in [6.45, 7) is -0.297. The fraction of sp³-hybridized carbons (Fsp3) is 0.0571. The number of carbonyl (C=O) groups is 2. The molecule has 0 unspecified atom stereocenters. The number of aromatic nitrogens is 2. The number of fused-ring (bicyclic) bond motifs is 6. The predicted molar refractivity (Wildman–Crippen MR) is 162 cm³/mol. The van der Waals surface area contributed by atoms with Gasteiger partial charge >= 0.3 is 0 Å². The number of hydrogen-bond donors (Lipinski definition) is 2. The Labute approximate surface area is 234 Å². The van der Waals surface area contributed by atoms with Crippen molar-refractivity contribution in [3.05, 3.63) is 114 Å². The maximum atomic E-state index is 13.1. The number of benzene rings is 6. The minimum atomic E-state index is -0.375. The van der Waals surface area contributed by atoms with Crippen LogP contribution in [0.3, 0.4) is 0 Å². The van der Waals surface area contributed by atoms with Crippen molar-refractivity contribution < 1.29 is 14.7 Å². The molecule has 7 aromatic rings. The van der Waals surface area contributed by atoms with Crippen LogP contribution in [0.25, 0.3) is 65.9 Å². The third kappa shape index (κ3) is 3.38. The maximum absolute atomic E-state index is 13.1. The zero-order chi connectivity index (χ0) is 27.7. The summed E-state index contributed by atoms with van der Waals surface area (Å²) in [5.74, 6) is 0.0456. The number of carbonyl (C=O) groups excluding carboxylic acids is 2. The highest BCUT2D eigenvalue weighted by Crippen LogP contribution is 2.38. The van der Waals surface area contributed by atoms with Crippen LogP contribution in [0.5, 0.6) is 0 Å². The number of amides is 2. The van der Waals surface area contributed by atoms with Gasteiger partial charge in [-0.3, -0.25) is 14.5 Å². The first kappa shape index (κ1) is 23.5. The van der Waals surface area contributed by atoms with Crippen LogP contribution in [-0.4, -0.2) is 44.9 Å². The lowest BCUT2D eigenvalue weighted by atomic mass is 9.89. The van der Waals surface area contributed by atoms with Crippen LogP contribution < -0.4 is 0 Å². The number of aliphatic hydroxyl groups excluding tert-OH is 1. The maximum Gasteiger partial charge on any atom is 0.261 e. The smallest absolute Gasteiger partial charge is 0.261 e. The minimum absolute atomic E-state index is 0.0237. The molecule has 2 N–H and O–H groups in total. The molecule has 6 heteroatoms. The first-order valence-corrected chi connectivity index (χ1v) is 13.6. The van der Waals surface area contributed by atoms with Crippen LogP contribution in [0.1, 0.15) is 20.7 Å². The van der Waals surface area contributed by atoms with Crippen molar-refractivity contribution in [1.29, 1.82) is 0 Å². The summed E-state index contributed by atoms with van der Waals surface area (Å²) in [6.07, 6.45) is 0. The first-order valence-electron chi connectivity index (χ1n) is 13.6. The summed E-state index contributed by atoms with van der Waals surface area (Å²) in [5.41, 5.74) is 5.80. The van der Waals surface area contributed by atoms with E-state index in [9.17, 15) is 14.7 Å². The number of imidazole rings is 1. The minimum Gasteiger partial charge on any atom is -0.395 e. The number of rotatable bonds is 4. The Bertz CT molecular complexity index is 2120. The van der Waals surface area contributed by atoms with Crippen molar-refractivity contribution in [2.24, 2.45) is 0 Å². The van der Waals surface area contributed by atoms with Gasteiger partial charge in [-0.15, -0.1) is 0 Å². The molecule has 6 nitrogen and oxygen atoms in total. The van der Waals surface area contributed by atoms with Crippen LogP contribution in [0, 0.1) is 0 Å². The number of nitrogens with zero attached hydrogens (tertiary/aromatic N) is 2. The van der Waals surface area contributed by atoms with Crippen molar-refractivity contribution in [2.45, 2.75) is 0 Å². The summed E-state index contributed by atoms with van der Waals surface area (Å²) in [6, 6.07) is 34.2. The molecule has 0 fully saturated rings. The average molecular weight is 534 g/mol. The molecule has 1 aliphatic heterocycles. The Morgan fingerprint density at radius 2 is 1.20 bits per heavy atom. The fourth-order valence-corrected chi connectivity index (χ4v) is 6.27. The van der Waals surface area contributed by atoms with Gasteiger partial charge in [0.2, 0.25) is 0 Å². The number of aliphatic hydroxyl groups is 1. The molecule has 0 saturated carbocycles. The summed E-state index contributed by atoms with van der Waals surface area (Å²) in [7, 11) is 0. The summed E-state index contributed by atoms with van der Waals surface area (Å²) < 4.78 is 0. The lowest BCUT2D eigenvalue weighted by molar-refractivity contribution is 0.0580. The predicted octanol–water partition coefficient (Wildman–Crippen LogP) is 6.94. The van der Waals surface area contributed by atoms with E-state index < -0.39 is 0 Å². The molecule has 0 radical (unpaired) electrons. The molecule has 6 aromatic carbocycles. The van der Waals surface area contributed by atoms with Crippen LogP contribution in [-0.2, 0) is 0 Å². The number of H-pyrrole nitrogens is 1. The van der Waals surface area contributed by atoms with Gasteiger partial charge in [0.25, 0.3) is 11.8 Å². The Balaban J connectivity index is 1.24. The zero-order valence-corrected chi connectivity index (χ0v) is 21.9. The molecule has 8 rings (SSSR count). The Hall–Kier alpha value is -5.33. The Kier molecular flexibility index (Phi) is 5.08. The van der Waals surface area contributed by atoms with Gasteiger partial charge in [-0.1, -0.05) is 91.0 Å². The number of imide groups is 1. The largest absolute Gasteiger partial charge is 0.395 e. The van der Waals surface area contributed by atoms with Gasteiger partial charge in [0.15, 0.2) is 0 Å². The number of hydrogen-bond acceptors (Lipinski definition) is 4. The van der Waals surface area contributed by atoms with Gasteiger partial charge in [-0.2, -0.15) is 0 Å². The highest BCUT2D eigenvalue weighted by Gasteiger charge is 2.33. The number of β-amino-alcohol motifs (C(OH)–C–C–N with tert-alkyl or cyclic N) is 1. The lowest BCUT2D eigenvalue weighted by Crippen LogP contribution is -2.41. The molecule has 2 amide bonds. The summed E-state index contributed by atoms with van der Waals surface area (Å²) >= 11 is 0. The van der Waals surface area contributed by atoms with Gasteiger partial charge < -0.3 is 10.1 Å². The molecule has 196 valence electrons. The Morgan fingerprint density at radius 3 is 1.93 bits per heavy atom. The van der Waals surface area contributed by atoms with Crippen LogP contribution in [0.4, 0.5) is 0 Å². The molecule has 0 atom stereocenters. The second-order valence-electron chi connectivity index (χ2n) is 10.4. The highest BCUT2D eigenvalue weighted by atomic mass is 16.3. The van der Waals surface area contributed by atoms with E-state index in [1.54, 1.807) is 12.1 Å². The van der Waals surface area contributed by atoms with Gasteiger partial charge in [0, 0.05) is 32.8 Å². The van der Waals surface area contributed by atoms with Crippen molar-refractivity contribution in [1.82, 2.24) is 14.9 Å². The van der Waals surface area contributed by atoms with Crippen molar-refractivity contribution >= 4 is 55.2 Å². The highest BCUT2D eigenvalue weighted by molar-refractivity contribution is 6.27. The van der Waals surface area contributed by atoms with E-state index in [0.717, 1.165) is 54.6 Å². The van der Waals surface area contributed by atoms with Gasteiger partial charge in [-0.05, 0) is 39.4 Å². The first-order chi connectivity index (χ1) is 20.1. The van der Waals surface area contributed by atoms with E-state index in [4.69, 9.17) is 4.98 Å². The SMILES string of the molecule is O=C1c2cccc3c(-c4ccc(-c5nc6c7ccccc7c7ccccc7c6[nH]5)cc4)ccc(c23)C(=O)N1CCO.